The van der Waals surface area contributed by atoms with Gasteiger partial charge in [-0.1, -0.05) is 0 Å². The molecule has 0 atom stereocenters. The molecule has 0 bridgehead atoms. The van der Waals surface area contributed by atoms with Crippen LogP contribution in [0.3, 0.4) is 0 Å². The van der Waals surface area contributed by atoms with Crippen molar-refractivity contribution in [3.05, 3.63) is 66.9 Å². The second-order valence-electron chi connectivity index (χ2n) is 7.47. The van der Waals surface area contributed by atoms with Crippen LogP contribution in [-0.2, 0) is 6.54 Å². The normalized spacial score (nSPS) is 15.9. The molecule has 4 aromatic rings. The number of rotatable bonds is 5. The van der Waals surface area contributed by atoms with E-state index in [4.69, 9.17) is 4.98 Å². The summed E-state index contributed by atoms with van der Waals surface area (Å²) < 4.78 is 17.8. The van der Waals surface area contributed by atoms with Gasteiger partial charge in [0.1, 0.15) is 5.82 Å². The predicted octanol–water partition coefficient (Wildman–Crippen LogP) is 4.98. The number of benzene rings is 1. The molecule has 7 heteroatoms. The molecule has 0 saturated carbocycles. The van der Waals surface area contributed by atoms with Crippen molar-refractivity contribution in [2.45, 2.75) is 24.3 Å². The lowest BCUT2D eigenvalue weighted by Gasteiger charge is -2.31. The molecule has 0 aliphatic carbocycles. The van der Waals surface area contributed by atoms with Gasteiger partial charge in [-0.2, -0.15) is 5.10 Å². The van der Waals surface area contributed by atoms with Gasteiger partial charge in [0.15, 0.2) is 0 Å². The number of H-pyrrole nitrogens is 1. The fraction of sp³-hybridized carbons (Fsp3) is 0.273. The Labute approximate surface area is 173 Å². The number of pyridine rings is 1. The van der Waals surface area contributed by atoms with Gasteiger partial charge in [0.25, 0.3) is 0 Å². The maximum Gasteiger partial charge on any atom is 0.123 e. The molecule has 3 aromatic heterocycles. The number of aromatic amines is 1. The molecule has 0 radical (unpaired) electrons. The Balaban J connectivity index is 1.21. The van der Waals surface area contributed by atoms with E-state index in [1.54, 1.807) is 18.1 Å². The minimum Gasteiger partial charge on any atom is -0.346 e. The highest BCUT2D eigenvalue weighted by Crippen LogP contribution is 2.30. The van der Waals surface area contributed by atoms with E-state index < -0.39 is 0 Å². The Bertz CT molecular complexity index is 1080. The second kappa shape index (κ2) is 8.00. The smallest absolute Gasteiger partial charge is 0.123 e. The zero-order chi connectivity index (χ0) is 19.6. The number of nitrogens with one attached hydrogen (secondary N) is 1. The first-order valence-electron chi connectivity index (χ1n) is 9.88. The van der Waals surface area contributed by atoms with Crippen molar-refractivity contribution in [2.24, 2.45) is 5.92 Å². The van der Waals surface area contributed by atoms with Crippen LogP contribution in [0.15, 0.2) is 66.0 Å². The van der Waals surface area contributed by atoms with Gasteiger partial charge in [-0.05, 0) is 73.2 Å². The fourth-order valence-corrected chi connectivity index (χ4v) is 4.84. The van der Waals surface area contributed by atoms with E-state index in [2.05, 4.69) is 43.5 Å². The molecule has 0 unspecified atom stereocenters. The summed E-state index contributed by atoms with van der Waals surface area (Å²) in [6, 6.07) is 13.1. The van der Waals surface area contributed by atoms with Crippen LogP contribution < -0.4 is 0 Å². The van der Waals surface area contributed by atoms with Crippen molar-refractivity contribution in [1.82, 2.24) is 24.1 Å². The molecule has 148 valence electrons. The van der Waals surface area contributed by atoms with Gasteiger partial charge >= 0.3 is 0 Å². The van der Waals surface area contributed by atoms with Gasteiger partial charge in [0, 0.05) is 42.5 Å². The van der Waals surface area contributed by atoms with Crippen LogP contribution >= 0.6 is 11.9 Å². The number of hydrogen-bond acceptors (Lipinski definition) is 4. The molecule has 5 nitrogen and oxygen atoms in total. The van der Waals surface area contributed by atoms with Crippen molar-refractivity contribution in [3.63, 3.8) is 0 Å². The molecule has 1 aliphatic heterocycles. The van der Waals surface area contributed by atoms with Gasteiger partial charge in [0.2, 0.25) is 0 Å². The minimum atomic E-state index is -0.182. The van der Waals surface area contributed by atoms with E-state index in [1.807, 2.05) is 18.3 Å². The number of halogens is 1. The van der Waals surface area contributed by atoms with Gasteiger partial charge in [0.05, 0.1) is 22.9 Å². The first kappa shape index (κ1) is 18.4. The Morgan fingerprint density at radius 1 is 1.07 bits per heavy atom. The highest BCUT2D eigenvalue weighted by molar-refractivity contribution is 7.97. The Morgan fingerprint density at radius 2 is 1.90 bits per heavy atom. The summed E-state index contributed by atoms with van der Waals surface area (Å²) >= 11 is 1.73. The molecule has 1 aromatic carbocycles. The first-order valence-corrected chi connectivity index (χ1v) is 10.7. The number of aromatic nitrogens is 4. The third-order valence-electron chi connectivity index (χ3n) is 5.49. The SMILES string of the molecule is Fc1ccc(SN2CCC(Cn3ccc4nc(-c5cn[nH]c5)ccc43)CC2)cc1. The average Bonchev–Trinajstić information content (AvgIpc) is 3.41. The van der Waals surface area contributed by atoms with Gasteiger partial charge < -0.3 is 4.57 Å². The quantitative estimate of drug-likeness (QED) is 0.474. The monoisotopic (exact) mass is 407 g/mol. The first-order chi connectivity index (χ1) is 14.2. The third kappa shape index (κ3) is 4.06. The standard InChI is InChI=1S/C22H22FN5S/c23-18-1-3-19(4-2-18)29-28-11-7-16(8-12-28)15-27-10-9-21-22(27)6-5-20(26-21)17-13-24-25-14-17/h1-6,9-10,13-14,16H,7-8,11-12,15H2,(H,24,25). The van der Waals surface area contributed by atoms with Crippen molar-refractivity contribution < 1.29 is 4.39 Å². The van der Waals surface area contributed by atoms with Crippen molar-refractivity contribution >= 4 is 23.0 Å². The summed E-state index contributed by atoms with van der Waals surface area (Å²) in [5.41, 5.74) is 4.15. The topological polar surface area (TPSA) is 49.7 Å². The summed E-state index contributed by atoms with van der Waals surface area (Å²) in [4.78, 5) is 5.88. The molecular weight excluding hydrogens is 385 g/mol. The Hall–Kier alpha value is -2.64. The molecule has 1 N–H and O–H groups in total. The maximum absolute atomic E-state index is 13.1. The molecule has 1 fully saturated rings. The van der Waals surface area contributed by atoms with E-state index >= 15 is 0 Å². The number of fused-ring (bicyclic) bond motifs is 1. The van der Waals surface area contributed by atoms with Crippen LogP contribution in [0.1, 0.15) is 12.8 Å². The van der Waals surface area contributed by atoms with E-state index in [0.29, 0.717) is 5.92 Å². The number of nitrogens with zero attached hydrogens (tertiary/aromatic N) is 4. The van der Waals surface area contributed by atoms with Gasteiger partial charge in [-0.15, -0.1) is 0 Å². The highest BCUT2D eigenvalue weighted by Gasteiger charge is 2.21. The zero-order valence-corrected chi connectivity index (χ0v) is 16.8. The lowest BCUT2D eigenvalue weighted by Crippen LogP contribution is -2.30. The number of hydrogen-bond donors (Lipinski definition) is 1. The van der Waals surface area contributed by atoms with Gasteiger partial charge in [-0.25, -0.2) is 13.7 Å². The maximum atomic E-state index is 13.1. The van der Waals surface area contributed by atoms with Crippen LogP contribution in [0.25, 0.3) is 22.3 Å². The van der Waals surface area contributed by atoms with E-state index in [1.165, 1.54) is 17.6 Å². The van der Waals surface area contributed by atoms with E-state index in [9.17, 15) is 4.39 Å². The summed E-state index contributed by atoms with van der Waals surface area (Å²) in [6.45, 7) is 3.12. The van der Waals surface area contributed by atoms with Crippen LogP contribution in [0.2, 0.25) is 0 Å². The Morgan fingerprint density at radius 3 is 2.66 bits per heavy atom. The van der Waals surface area contributed by atoms with E-state index in [-0.39, 0.29) is 5.82 Å². The molecule has 5 rings (SSSR count). The summed E-state index contributed by atoms with van der Waals surface area (Å²) in [6.07, 6.45) is 8.13. The van der Waals surface area contributed by atoms with Crippen LogP contribution in [0.5, 0.6) is 0 Å². The van der Waals surface area contributed by atoms with Crippen molar-refractivity contribution in [2.75, 3.05) is 13.1 Å². The number of piperidine rings is 1. The third-order valence-corrected chi connectivity index (χ3v) is 6.60. The molecule has 1 saturated heterocycles. The summed E-state index contributed by atoms with van der Waals surface area (Å²) in [5.74, 6) is 0.475. The van der Waals surface area contributed by atoms with Crippen LogP contribution in [-0.4, -0.2) is 37.1 Å². The van der Waals surface area contributed by atoms with Crippen molar-refractivity contribution in [1.29, 1.82) is 0 Å². The van der Waals surface area contributed by atoms with Crippen LogP contribution in [0, 0.1) is 11.7 Å². The summed E-state index contributed by atoms with van der Waals surface area (Å²) in [5, 5.41) is 6.84. The molecule has 0 amide bonds. The molecular formula is C22H22FN5S. The average molecular weight is 408 g/mol. The molecule has 29 heavy (non-hydrogen) atoms. The highest BCUT2D eigenvalue weighted by atomic mass is 32.2. The molecule has 4 heterocycles. The summed E-state index contributed by atoms with van der Waals surface area (Å²) in [7, 11) is 0. The predicted molar refractivity (Wildman–Crippen MR) is 114 cm³/mol. The lowest BCUT2D eigenvalue weighted by atomic mass is 9.98. The zero-order valence-electron chi connectivity index (χ0n) is 16.0. The second-order valence-corrected chi connectivity index (χ2v) is 8.64. The van der Waals surface area contributed by atoms with Crippen LogP contribution in [0.4, 0.5) is 4.39 Å². The molecule has 0 spiro atoms. The Kier molecular flexibility index (Phi) is 5.08. The molecule has 1 aliphatic rings. The minimum absolute atomic E-state index is 0.182. The fourth-order valence-electron chi connectivity index (χ4n) is 3.89. The lowest BCUT2D eigenvalue weighted by molar-refractivity contribution is 0.269. The largest absolute Gasteiger partial charge is 0.346 e. The van der Waals surface area contributed by atoms with Gasteiger partial charge in [-0.3, -0.25) is 5.10 Å². The van der Waals surface area contributed by atoms with Crippen molar-refractivity contribution in [3.8, 4) is 11.3 Å². The van der Waals surface area contributed by atoms with E-state index in [0.717, 1.165) is 54.1 Å².